The zero-order valence-electron chi connectivity index (χ0n) is 23.7. The molecule has 4 aromatic rings. The van der Waals surface area contributed by atoms with Gasteiger partial charge in [0.15, 0.2) is 5.65 Å². The van der Waals surface area contributed by atoms with Crippen LogP contribution in [0.5, 0.6) is 11.5 Å². The van der Waals surface area contributed by atoms with Gasteiger partial charge in [-0.2, -0.15) is 0 Å². The number of nitrogens with one attached hydrogen (secondary N) is 1. The van der Waals surface area contributed by atoms with Gasteiger partial charge in [0, 0.05) is 42.9 Å². The highest BCUT2D eigenvalue weighted by Crippen LogP contribution is 2.42. The van der Waals surface area contributed by atoms with E-state index in [-0.39, 0.29) is 45.8 Å². The maximum atomic E-state index is 13.4. The third kappa shape index (κ3) is 5.13. The predicted molar refractivity (Wildman–Crippen MR) is 159 cm³/mol. The van der Waals surface area contributed by atoms with E-state index in [0.717, 1.165) is 22.2 Å². The number of hydrogen-bond donors (Lipinski definition) is 1. The first-order chi connectivity index (χ1) is 20.7. The van der Waals surface area contributed by atoms with Crippen LogP contribution in [-0.2, 0) is 21.4 Å². The molecule has 1 saturated heterocycles. The molecule has 0 radical (unpaired) electrons. The summed E-state index contributed by atoms with van der Waals surface area (Å²) in [5, 5.41) is 15.7. The summed E-state index contributed by atoms with van der Waals surface area (Å²) in [6.07, 6.45) is 4.97. The van der Waals surface area contributed by atoms with Crippen LogP contribution < -0.4 is 14.8 Å². The number of ether oxygens (including phenoxy) is 2. The number of pyridine rings is 1. The number of carbonyl (C=O) groups excluding carboxylic acids is 1. The van der Waals surface area contributed by atoms with Gasteiger partial charge in [0.1, 0.15) is 23.4 Å². The van der Waals surface area contributed by atoms with Gasteiger partial charge in [-0.1, -0.05) is 18.2 Å². The lowest BCUT2D eigenvalue weighted by Gasteiger charge is -2.37. The van der Waals surface area contributed by atoms with Crippen LogP contribution in [0.4, 0.5) is 11.4 Å². The number of benzene rings is 2. The Labute approximate surface area is 248 Å². The van der Waals surface area contributed by atoms with E-state index in [9.17, 15) is 23.3 Å². The average molecular weight is 606 g/mol. The number of aromatic nitrogens is 2. The number of anilines is 1. The number of nitrogens with zero attached hydrogens (tertiary/aromatic N) is 4. The average Bonchev–Trinajstić information content (AvgIpc) is 3.59. The summed E-state index contributed by atoms with van der Waals surface area (Å²) in [4.78, 5) is 30.8. The topological polar surface area (TPSA) is 146 Å². The summed E-state index contributed by atoms with van der Waals surface area (Å²) >= 11 is 0. The number of methoxy groups -OCH3 is 2. The van der Waals surface area contributed by atoms with E-state index in [1.165, 1.54) is 24.4 Å². The van der Waals surface area contributed by atoms with Gasteiger partial charge in [0.2, 0.25) is 5.91 Å². The lowest BCUT2D eigenvalue weighted by Crippen LogP contribution is -2.42. The number of rotatable bonds is 9. The van der Waals surface area contributed by atoms with Crippen LogP contribution in [0.1, 0.15) is 31.2 Å². The zero-order chi connectivity index (χ0) is 30.3. The molecule has 2 aromatic heterocycles. The molecule has 1 aliphatic heterocycles. The summed E-state index contributed by atoms with van der Waals surface area (Å²) in [6.45, 7) is 0.375. The third-order valence-electron chi connectivity index (χ3n) is 8.45. The minimum Gasteiger partial charge on any atom is -0.497 e. The predicted octanol–water partition coefficient (Wildman–Crippen LogP) is 4.58. The third-order valence-corrected chi connectivity index (χ3v) is 10.1. The van der Waals surface area contributed by atoms with Gasteiger partial charge in [0.25, 0.3) is 10.0 Å². The molecule has 1 N–H and O–H groups in total. The Morgan fingerprint density at radius 2 is 1.88 bits per heavy atom. The minimum absolute atomic E-state index is 0.0639. The fourth-order valence-corrected chi connectivity index (χ4v) is 7.63. The van der Waals surface area contributed by atoms with Crippen LogP contribution >= 0.6 is 0 Å². The van der Waals surface area contributed by atoms with Crippen LogP contribution in [-0.4, -0.2) is 59.4 Å². The Balaban J connectivity index is 1.30. The van der Waals surface area contributed by atoms with Crippen molar-refractivity contribution in [2.45, 2.75) is 49.2 Å². The Morgan fingerprint density at radius 3 is 2.60 bits per heavy atom. The van der Waals surface area contributed by atoms with Gasteiger partial charge in [-0.15, -0.1) is 0 Å². The van der Waals surface area contributed by atoms with Gasteiger partial charge in [-0.3, -0.25) is 14.9 Å². The summed E-state index contributed by atoms with van der Waals surface area (Å²) in [7, 11) is -0.819. The molecule has 13 heteroatoms. The van der Waals surface area contributed by atoms with Crippen LogP contribution in [0, 0.1) is 16.0 Å². The monoisotopic (exact) mass is 605 g/mol. The van der Waals surface area contributed by atoms with Gasteiger partial charge >= 0.3 is 5.69 Å². The molecule has 3 unspecified atom stereocenters. The van der Waals surface area contributed by atoms with Crippen LogP contribution in [0.3, 0.4) is 0 Å². The molecule has 2 aromatic carbocycles. The van der Waals surface area contributed by atoms with Crippen molar-refractivity contribution < 1.29 is 27.6 Å². The van der Waals surface area contributed by atoms with Gasteiger partial charge < -0.3 is 19.7 Å². The normalized spacial score (nSPS) is 20.2. The van der Waals surface area contributed by atoms with Gasteiger partial charge in [-0.25, -0.2) is 17.4 Å². The van der Waals surface area contributed by atoms with E-state index in [4.69, 9.17) is 9.47 Å². The van der Waals surface area contributed by atoms with Crippen molar-refractivity contribution in [2.24, 2.45) is 5.92 Å². The van der Waals surface area contributed by atoms with Crippen LogP contribution in [0.2, 0.25) is 0 Å². The Morgan fingerprint density at radius 1 is 1.09 bits per heavy atom. The highest BCUT2D eigenvalue weighted by atomic mass is 32.2. The van der Waals surface area contributed by atoms with E-state index >= 15 is 0 Å². The van der Waals surface area contributed by atoms with Crippen molar-refractivity contribution in [3.8, 4) is 11.5 Å². The molecule has 12 nitrogen and oxygen atoms in total. The molecule has 1 aliphatic carbocycles. The number of amides is 1. The second kappa shape index (κ2) is 11.2. The second-order valence-electron chi connectivity index (χ2n) is 10.8. The summed E-state index contributed by atoms with van der Waals surface area (Å²) in [5.41, 5.74) is 0.926. The van der Waals surface area contributed by atoms with Crippen molar-refractivity contribution in [1.82, 2.24) is 13.9 Å². The molecule has 1 amide bonds. The standard InChI is InChI=1S/C30H31N5O7S/c1-41-22-11-9-20(27(16-22)42-2)18-33-25-15-21(10-8-19(25)14-28(33)36)32-29-24-12-13-34(30(24)31-17-26(29)35(37)38)43(39,40)23-6-4-3-5-7-23/h3-7,9,11-13,16-17,19,21,25H,8,10,14-15,18H2,1-2H3,(H,31,32). The fourth-order valence-electron chi connectivity index (χ4n) is 6.31. The molecule has 0 bridgehead atoms. The zero-order valence-corrected chi connectivity index (χ0v) is 24.5. The number of carbonyl (C=O) groups is 1. The number of fused-ring (bicyclic) bond motifs is 2. The minimum atomic E-state index is -3.98. The molecule has 2 aliphatic rings. The first-order valence-corrected chi connectivity index (χ1v) is 15.4. The highest BCUT2D eigenvalue weighted by Gasteiger charge is 2.44. The van der Waals surface area contributed by atoms with E-state index < -0.39 is 14.9 Å². The molecule has 43 heavy (non-hydrogen) atoms. The van der Waals surface area contributed by atoms with Crippen LogP contribution in [0.15, 0.2) is 71.9 Å². The summed E-state index contributed by atoms with van der Waals surface area (Å²) in [5.74, 6) is 1.53. The van der Waals surface area contributed by atoms with Crippen molar-refractivity contribution in [2.75, 3.05) is 19.5 Å². The quantitative estimate of drug-likeness (QED) is 0.214. The molecule has 2 fully saturated rings. The van der Waals surface area contributed by atoms with E-state index in [2.05, 4.69) is 10.3 Å². The van der Waals surface area contributed by atoms with Crippen molar-refractivity contribution in [3.05, 3.63) is 82.7 Å². The lowest BCUT2D eigenvalue weighted by molar-refractivity contribution is -0.384. The first-order valence-electron chi connectivity index (χ1n) is 13.9. The maximum absolute atomic E-state index is 13.4. The molecule has 1 saturated carbocycles. The highest BCUT2D eigenvalue weighted by molar-refractivity contribution is 7.90. The molecular weight excluding hydrogens is 574 g/mol. The van der Waals surface area contributed by atoms with E-state index in [1.807, 2.05) is 17.0 Å². The molecule has 224 valence electrons. The van der Waals surface area contributed by atoms with E-state index in [0.29, 0.717) is 42.7 Å². The van der Waals surface area contributed by atoms with E-state index in [1.54, 1.807) is 38.5 Å². The summed E-state index contributed by atoms with van der Waals surface area (Å²) in [6, 6.07) is 14.7. The number of hydrogen-bond acceptors (Lipinski definition) is 9. The smallest absolute Gasteiger partial charge is 0.311 e. The molecule has 3 heterocycles. The maximum Gasteiger partial charge on any atom is 0.311 e. The second-order valence-corrected chi connectivity index (χ2v) is 12.6. The van der Waals surface area contributed by atoms with Gasteiger partial charge in [-0.05, 0) is 55.5 Å². The Kier molecular flexibility index (Phi) is 7.42. The largest absolute Gasteiger partial charge is 0.497 e. The van der Waals surface area contributed by atoms with Crippen LogP contribution in [0.25, 0.3) is 11.0 Å². The SMILES string of the molecule is COc1ccc(CN2C(=O)CC3CCC(Nc4c([N+](=O)[O-])cnc5c4ccn5S(=O)(=O)c4ccccc4)CC32)c(OC)c1. The fraction of sp³-hybridized carbons (Fsp3) is 0.333. The summed E-state index contributed by atoms with van der Waals surface area (Å²) < 4.78 is 38.6. The Hall–Kier alpha value is -4.65. The first kappa shape index (κ1) is 28.5. The molecule has 6 rings (SSSR count). The lowest BCUT2D eigenvalue weighted by atomic mass is 9.82. The van der Waals surface area contributed by atoms with Crippen molar-refractivity contribution in [3.63, 3.8) is 0 Å². The number of nitro groups is 1. The molecule has 3 atom stereocenters. The molecule has 0 spiro atoms. The van der Waals surface area contributed by atoms with Crippen molar-refractivity contribution >= 4 is 38.3 Å². The Bertz CT molecular complexity index is 1810. The molecular formula is C30H31N5O7S. The number of likely N-dealkylation sites (tertiary alicyclic amines) is 1. The van der Waals surface area contributed by atoms with Gasteiger partial charge in [0.05, 0.1) is 29.4 Å². The van der Waals surface area contributed by atoms with Crippen molar-refractivity contribution in [1.29, 1.82) is 0 Å².